The number of carbonyl (C=O) groups is 1. The summed E-state index contributed by atoms with van der Waals surface area (Å²) in [5.41, 5.74) is 0.556. The van der Waals surface area contributed by atoms with Gasteiger partial charge in [0.2, 0.25) is 0 Å². The molecular weight excluding hydrogens is 601 g/mol. The van der Waals surface area contributed by atoms with E-state index < -0.39 is 11.8 Å². The molecule has 4 aliphatic rings. The molecule has 1 aromatic heterocycles. The summed E-state index contributed by atoms with van der Waals surface area (Å²) in [5.74, 6) is 0.716. The van der Waals surface area contributed by atoms with E-state index in [2.05, 4.69) is 32.3 Å². The van der Waals surface area contributed by atoms with E-state index >= 15 is 0 Å². The Kier molecular flexibility index (Phi) is 7.19. The summed E-state index contributed by atoms with van der Waals surface area (Å²) in [4.78, 5) is 29.0. The number of anilines is 1. The topological polar surface area (TPSA) is 71.0 Å². The summed E-state index contributed by atoms with van der Waals surface area (Å²) in [6, 6.07) is 2.24. The van der Waals surface area contributed by atoms with Crippen LogP contribution in [-0.4, -0.2) is 88.0 Å². The highest BCUT2D eigenvalue weighted by molar-refractivity contribution is 9.10. The highest BCUT2D eigenvalue weighted by Gasteiger charge is 2.50. The smallest absolute Gasteiger partial charge is 0.410 e. The molecule has 4 saturated heterocycles. The molecule has 0 saturated carbocycles. The van der Waals surface area contributed by atoms with Crippen molar-refractivity contribution in [3.05, 3.63) is 27.7 Å². The Bertz CT molecular complexity index is 1340. The lowest BCUT2D eigenvalue weighted by Gasteiger charge is -2.42. The second-order valence-electron chi connectivity index (χ2n) is 12.6. The lowest BCUT2D eigenvalue weighted by Crippen LogP contribution is -2.57. The lowest BCUT2D eigenvalue weighted by atomic mass is 9.95. The van der Waals surface area contributed by atoms with E-state index in [-0.39, 0.29) is 29.7 Å². The maximum Gasteiger partial charge on any atom is 0.410 e. The standard InChI is InChI=1S/C29H36BrClFN5O3/c1-5-17-11-21-24(23(31)22(17)30)33-26(39-16-29-9-6-10-36(29)13-18(32)12-29)34-25(21)35-14-19-7-8-20(15-35)37(19)27(38)40-28(2,3)4/h5,11,18-20H,1,6-10,12-16H2,2-4H3/t18-,19?,20?,29+/m1/s1. The van der Waals surface area contributed by atoms with Gasteiger partial charge >= 0.3 is 12.1 Å². The van der Waals surface area contributed by atoms with Crippen LogP contribution in [0.15, 0.2) is 17.1 Å². The van der Waals surface area contributed by atoms with Gasteiger partial charge in [-0.25, -0.2) is 9.18 Å². The van der Waals surface area contributed by atoms with Crippen molar-refractivity contribution in [3.8, 4) is 6.01 Å². The first-order chi connectivity index (χ1) is 19.0. The van der Waals surface area contributed by atoms with Gasteiger partial charge in [-0.3, -0.25) is 9.80 Å². The van der Waals surface area contributed by atoms with Crippen LogP contribution in [0.1, 0.15) is 58.4 Å². The summed E-state index contributed by atoms with van der Waals surface area (Å²) in [6.07, 6.45) is 4.86. The molecule has 40 heavy (non-hydrogen) atoms. The molecule has 11 heteroatoms. The first-order valence-corrected chi connectivity index (χ1v) is 15.3. The van der Waals surface area contributed by atoms with Gasteiger partial charge < -0.3 is 14.4 Å². The molecule has 216 valence electrons. The molecule has 1 amide bonds. The first-order valence-electron chi connectivity index (χ1n) is 14.1. The van der Waals surface area contributed by atoms with Gasteiger partial charge in [-0.2, -0.15) is 9.97 Å². The molecule has 0 radical (unpaired) electrons. The maximum absolute atomic E-state index is 14.4. The van der Waals surface area contributed by atoms with Crippen molar-refractivity contribution >= 4 is 56.4 Å². The fourth-order valence-corrected chi connectivity index (χ4v) is 7.70. The molecule has 6 rings (SSSR count). The number of fused-ring (bicyclic) bond motifs is 4. The van der Waals surface area contributed by atoms with Crippen molar-refractivity contribution in [3.63, 3.8) is 0 Å². The van der Waals surface area contributed by atoms with Crippen LogP contribution in [0.25, 0.3) is 17.0 Å². The maximum atomic E-state index is 14.4. The second kappa shape index (κ2) is 10.3. The number of halogens is 3. The van der Waals surface area contributed by atoms with Crippen molar-refractivity contribution in [2.24, 2.45) is 0 Å². The molecule has 4 fully saturated rings. The van der Waals surface area contributed by atoms with Gasteiger partial charge in [0.05, 0.1) is 28.2 Å². The van der Waals surface area contributed by atoms with Gasteiger partial charge in [0.25, 0.3) is 0 Å². The van der Waals surface area contributed by atoms with Crippen LogP contribution in [0.2, 0.25) is 5.02 Å². The average Bonchev–Trinajstić information content (AvgIpc) is 3.50. The molecule has 2 aromatic rings. The predicted molar refractivity (Wildman–Crippen MR) is 158 cm³/mol. The SMILES string of the molecule is C=Cc1cc2c(N3CC4CCC(C3)N4C(=O)OC(C)(C)C)nc(OC[C@@]34CCCN3C[C@H](F)C4)nc2c(Cl)c1Br. The molecule has 4 aliphatic heterocycles. The molecule has 0 spiro atoms. The zero-order chi connectivity index (χ0) is 28.4. The largest absolute Gasteiger partial charge is 0.461 e. The minimum absolute atomic E-state index is 0.0127. The Morgan fingerprint density at radius 1 is 1.27 bits per heavy atom. The highest BCUT2D eigenvalue weighted by atomic mass is 79.9. The summed E-state index contributed by atoms with van der Waals surface area (Å²) in [7, 11) is 0. The van der Waals surface area contributed by atoms with Crippen molar-refractivity contribution < 1.29 is 18.7 Å². The Hall–Kier alpha value is -2.17. The van der Waals surface area contributed by atoms with Crippen LogP contribution in [-0.2, 0) is 4.74 Å². The zero-order valence-corrected chi connectivity index (χ0v) is 25.6. The van der Waals surface area contributed by atoms with Gasteiger partial charge in [-0.1, -0.05) is 24.3 Å². The fourth-order valence-electron chi connectivity index (χ4n) is 6.98. The van der Waals surface area contributed by atoms with E-state index in [1.165, 1.54) is 0 Å². The number of hydrogen-bond acceptors (Lipinski definition) is 7. The van der Waals surface area contributed by atoms with Gasteiger partial charge in [-0.15, -0.1) is 0 Å². The minimum atomic E-state index is -0.837. The fraction of sp³-hybridized carbons (Fsp3) is 0.621. The van der Waals surface area contributed by atoms with Crippen molar-refractivity contribution in [1.29, 1.82) is 0 Å². The number of hydrogen-bond donors (Lipinski definition) is 0. The monoisotopic (exact) mass is 635 g/mol. The third-order valence-electron chi connectivity index (χ3n) is 8.70. The second-order valence-corrected chi connectivity index (χ2v) is 13.7. The molecule has 0 aliphatic carbocycles. The summed E-state index contributed by atoms with van der Waals surface area (Å²) in [5, 5.41) is 1.26. The number of benzene rings is 1. The number of ether oxygens (including phenoxy) is 2. The number of nitrogens with zero attached hydrogens (tertiary/aromatic N) is 5. The Labute approximate surface area is 248 Å². The van der Waals surface area contributed by atoms with Crippen molar-refractivity contribution in [2.75, 3.05) is 37.7 Å². The molecular formula is C29H36BrClFN5O3. The Morgan fingerprint density at radius 2 is 2.00 bits per heavy atom. The number of alkyl halides is 1. The number of amides is 1. The van der Waals surface area contributed by atoms with Crippen LogP contribution in [0.3, 0.4) is 0 Å². The minimum Gasteiger partial charge on any atom is -0.461 e. The molecule has 1 aromatic carbocycles. The molecule has 0 N–H and O–H groups in total. The van der Waals surface area contributed by atoms with Crippen LogP contribution in [0, 0.1) is 0 Å². The normalized spacial score (nSPS) is 28.3. The van der Waals surface area contributed by atoms with E-state index in [1.54, 1.807) is 6.08 Å². The molecule has 8 nitrogen and oxygen atoms in total. The van der Waals surface area contributed by atoms with E-state index in [4.69, 9.17) is 31.0 Å². The van der Waals surface area contributed by atoms with Gasteiger partial charge in [0.15, 0.2) is 0 Å². The predicted octanol–water partition coefficient (Wildman–Crippen LogP) is 6.23. The van der Waals surface area contributed by atoms with Gasteiger partial charge in [-0.05, 0) is 80.6 Å². The third-order valence-corrected chi connectivity index (χ3v) is 10.1. The molecule has 2 bridgehead atoms. The molecule has 4 atom stereocenters. The number of rotatable bonds is 5. The van der Waals surface area contributed by atoms with E-state index in [1.807, 2.05) is 31.7 Å². The first kappa shape index (κ1) is 28.0. The molecule has 5 heterocycles. The zero-order valence-electron chi connectivity index (χ0n) is 23.3. The van der Waals surface area contributed by atoms with Crippen LogP contribution >= 0.6 is 27.5 Å². The summed E-state index contributed by atoms with van der Waals surface area (Å²) < 4.78 is 27.1. The Morgan fingerprint density at radius 3 is 2.67 bits per heavy atom. The van der Waals surface area contributed by atoms with Crippen LogP contribution < -0.4 is 9.64 Å². The summed E-state index contributed by atoms with van der Waals surface area (Å²) in [6.45, 7) is 12.5. The third kappa shape index (κ3) is 4.94. The van der Waals surface area contributed by atoms with E-state index in [0.29, 0.717) is 53.5 Å². The number of piperazine rings is 1. The van der Waals surface area contributed by atoms with Crippen molar-refractivity contribution in [1.82, 2.24) is 19.8 Å². The Balaban J connectivity index is 1.34. The van der Waals surface area contributed by atoms with E-state index in [9.17, 15) is 9.18 Å². The average molecular weight is 637 g/mol. The molecule has 2 unspecified atom stereocenters. The summed E-state index contributed by atoms with van der Waals surface area (Å²) >= 11 is 10.4. The quantitative estimate of drug-likeness (QED) is 0.385. The number of aromatic nitrogens is 2. The van der Waals surface area contributed by atoms with Crippen LogP contribution in [0.4, 0.5) is 15.0 Å². The lowest BCUT2D eigenvalue weighted by molar-refractivity contribution is 0.0122. The highest BCUT2D eigenvalue weighted by Crippen LogP contribution is 2.43. The van der Waals surface area contributed by atoms with E-state index in [0.717, 1.165) is 43.2 Å². The van der Waals surface area contributed by atoms with Gasteiger partial charge in [0.1, 0.15) is 24.2 Å². The van der Waals surface area contributed by atoms with Crippen LogP contribution in [0.5, 0.6) is 6.01 Å². The van der Waals surface area contributed by atoms with Crippen molar-refractivity contribution in [2.45, 2.75) is 82.3 Å². The van der Waals surface area contributed by atoms with Gasteiger partial charge in [0, 0.05) is 35.9 Å². The number of carbonyl (C=O) groups excluding carboxylic acids is 1.